The smallest absolute Gasteiger partial charge is 0.351 e. The van der Waals surface area contributed by atoms with Crippen molar-refractivity contribution in [2.45, 2.75) is 37.9 Å². The predicted molar refractivity (Wildman–Crippen MR) is 108 cm³/mol. The summed E-state index contributed by atoms with van der Waals surface area (Å²) in [6, 6.07) is 14.6. The summed E-state index contributed by atoms with van der Waals surface area (Å²) in [7, 11) is 0. The Balaban J connectivity index is 1.54. The Morgan fingerprint density at radius 3 is 2.30 bits per heavy atom. The van der Waals surface area contributed by atoms with Gasteiger partial charge in [-0.15, -0.1) is 0 Å². The van der Waals surface area contributed by atoms with Crippen LogP contribution in [0.4, 0.5) is 13.2 Å². The maximum absolute atomic E-state index is 12.8. The highest BCUT2D eigenvalue weighted by molar-refractivity contribution is 5.88. The number of alkyl halides is 3. The molecule has 0 spiro atoms. The monoisotopic (exact) mass is 418 g/mol. The van der Waals surface area contributed by atoms with Crippen LogP contribution in [0.15, 0.2) is 54.6 Å². The third kappa shape index (κ3) is 5.08. The van der Waals surface area contributed by atoms with Gasteiger partial charge in [-0.05, 0) is 56.1 Å². The molecule has 1 saturated heterocycles. The van der Waals surface area contributed by atoms with Crippen LogP contribution in [0.25, 0.3) is 0 Å². The summed E-state index contributed by atoms with van der Waals surface area (Å²) in [5, 5.41) is 2.69. The fourth-order valence-electron chi connectivity index (χ4n) is 4.01. The Labute approximate surface area is 174 Å². The number of ketones is 1. The average Bonchev–Trinajstić information content (AvgIpc) is 2.73. The number of piperidine rings is 1. The number of hydrogen-bond donors (Lipinski definition) is 1. The van der Waals surface area contributed by atoms with E-state index in [-0.39, 0.29) is 24.8 Å². The van der Waals surface area contributed by atoms with Crippen LogP contribution in [0, 0.1) is 0 Å². The van der Waals surface area contributed by atoms with Gasteiger partial charge >= 0.3 is 6.18 Å². The molecule has 1 aliphatic heterocycles. The Hall–Kier alpha value is -2.67. The van der Waals surface area contributed by atoms with Crippen LogP contribution in [0.1, 0.15) is 36.5 Å². The predicted octanol–water partition coefficient (Wildman–Crippen LogP) is 3.94. The van der Waals surface area contributed by atoms with E-state index in [0.717, 1.165) is 17.7 Å². The molecule has 0 aliphatic carbocycles. The van der Waals surface area contributed by atoms with Gasteiger partial charge in [0, 0.05) is 6.54 Å². The second-order valence-electron chi connectivity index (χ2n) is 7.76. The number of hydrogen-bond acceptors (Lipinski definition) is 3. The van der Waals surface area contributed by atoms with E-state index < -0.39 is 17.2 Å². The van der Waals surface area contributed by atoms with Crippen molar-refractivity contribution in [2.75, 3.05) is 19.6 Å². The van der Waals surface area contributed by atoms with Gasteiger partial charge in [0.1, 0.15) is 5.78 Å². The van der Waals surface area contributed by atoms with Crippen LogP contribution >= 0.6 is 0 Å². The minimum Gasteiger partial charge on any atom is -0.351 e. The first kappa shape index (κ1) is 22.0. The molecular weight excluding hydrogens is 393 g/mol. The van der Waals surface area contributed by atoms with Crippen LogP contribution in [-0.4, -0.2) is 36.2 Å². The first-order valence-electron chi connectivity index (χ1n) is 9.92. The molecule has 2 aromatic rings. The van der Waals surface area contributed by atoms with Crippen molar-refractivity contribution in [3.8, 4) is 0 Å². The zero-order valence-electron chi connectivity index (χ0n) is 16.8. The summed E-state index contributed by atoms with van der Waals surface area (Å²) in [5.41, 5.74) is 0.154. The van der Waals surface area contributed by atoms with Gasteiger partial charge in [0.2, 0.25) is 5.91 Å². The molecule has 3 rings (SSSR count). The van der Waals surface area contributed by atoms with E-state index in [9.17, 15) is 22.8 Å². The van der Waals surface area contributed by atoms with Gasteiger partial charge in [-0.25, -0.2) is 0 Å². The number of carbonyl (C=O) groups is 2. The highest BCUT2D eigenvalue weighted by atomic mass is 19.4. The Morgan fingerprint density at radius 2 is 1.70 bits per heavy atom. The van der Waals surface area contributed by atoms with E-state index in [0.29, 0.717) is 31.5 Å². The largest absolute Gasteiger partial charge is 0.416 e. The summed E-state index contributed by atoms with van der Waals surface area (Å²) >= 11 is 0. The molecule has 30 heavy (non-hydrogen) atoms. The van der Waals surface area contributed by atoms with Gasteiger partial charge in [0.15, 0.2) is 0 Å². The molecular formula is C23H25F3N2O2. The highest BCUT2D eigenvalue weighted by Gasteiger charge is 2.40. The number of benzene rings is 2. The summed E-state index contributed by atoms with van der Waals surface area (Å²) in [4.78, 5) is 26.7. The number of halogens is 3. The topological polar surface area (TPSA) is 49.4 Å². The summed E-state index contributed by atoms with van der Waals surface area (Å²) in [6.07, 6.45) is -3.14. The molecule has 0 radical (unpaired) electrons. The van der Waals surface area contributed by atoms with Gasteiger partial charge in [-0.1, -0.05) is 42.5 Å². The summed E-state index contributed by atoms with van der Waals surface area (Å²) in [6.45, 7) is 3.01. The Morgan fingerprint density at radius 1 is 1.03 bits per heavy atom. The zero-order valence-corrected chi connectivity index (χ0v) is 16.8. The van der Waals surface area contributed by atoms with Crippen LogP contribution in [-0.2, 0) is 27.7 Å². The van der Waals surface area contributed by atoms with Gasteiger partial charge < -0.3 is 5.32 Å². The van der Waals surface area contributed by atoms with E-state index >= 15 is 0 Å². The molecule has 0 unspecified atom stereocenters. The van der Waals surface area contributed by atoms with Crippen molar-refractivity contribution in [3.63, 3.8) is 0 Å². The van der Waals surface area contributed by atoms with Crippen molar-refractivity contribution in [1.82, 2.24) is 10.2 Å². The normalized spacial score (nSPS) is 16.8. The Bertz CT molecular complexity index is 889. The molecule has 1 fully saturated rings. The number of rotatable bonds is 6. The van der Waals surface area contributed by atoms with Crippen LogP contribution in [0.5, 0.6) is 0 Å². The lowest BCUT2D eigenvalue weighted by Gasteiger charge is -2.40. The van der Waals surface area contributed by atoms with Gasteiger partial charge in [-0.2, -0.15) is 13.2 Å². The van der Waals surface area contributed by atoms with E-state index in [1.165, 1.54) is 6.07 Å². The minimum absolute atomic E-state index is 0.0397. The van der Waals surface area contributed by atoms with E-state index in [1.54, 1.807) is 13.0 Å². The van der Waals surface area contributed by atoms with E-state index in [2.05, 4.69) is 5.32 Å². The number of nitrogens with one attached hydrogen (secondary N) is 1. The van der Waals surface area contributed by atoms with Crippen molar-refractivity contribution >= 4 is 11.7 Å². The maximum atomic E-state index is 12.8. The molecule has 1 N–H and O–H groups in total. The molecule has 1 amide bonds. The van der Waals surface area contributed by atoms with Crippen molar-refractivity contribution < 1.29 is 22.8 Å². The van der Waals surface area contributed by atoms with Crippen molar-refractivity contribution in [1.29, 1.82) is 0 Å². The number of amides is 1. The number of carbonyl (C=O) groups excluding carboxylic acids is 2. The van der Waals surface area contributed by atoms with Crippen molar-refractivity contribution in [2.24, 2.45) is 0 Å². The second kappa shape index (κ2) is 9.00. The molecule has 0 saturated carbocycles. The fourth-order valence-corrected chi connectivity index (χ4v) is 4.01. The quantitative estimate of drug-likeness (QED) is 0.773. The van der Waals surface area contributed by atoms with E-state index in [1.807, 2.05) is 35.2 Å². The van der Waals surface area contributed by atoms with Gasteiger partial charge in [-0.3, -0.25) is 14.5 Å². The van der Waals surface area contributed by atoms with E-state index in [4.69, 9.17) is 0 Å². The summed E-state index contributed by atoms with van der Waals surface area (Å²) in [5.74, 6) is -0.121. The first-order valence-corrected chi connectivity index (χ1v) is 9.92. The molecule has 0 atom stereocenters. The second-order valence-corrected chi connectivity index (χ2v) is 7.76. The zero-order chi connectivity index (χ0) is 21.8. The van der Waals surface area contributed by atoms with Crippen LogP contribution in [0.3, 0.4) is 0 Å². The lowest BCUT2D eigenvalue weighted by molar-refractivity contribution is -0.137. The number of likely N-dealkylation sites (tertiary alicyclic amines) is 1. The van der Waals surface area contributed by atoms with Gasteiger partial charge in [0.25, 0.3) is 0 Å². The first-order chi connectivity index (χ1) is 14.2. The van der Waals surface area contributed by atoms with Gasteiger partial charge in [0.05, 0.1) is 17.5 Å². The standard InChI is InChI=1S/C23H25F3N2O2/c1-17(29)22(19-7-3-2-4-8-19)10-12-28(13-11-22)16-21(30)27-15-18-6-5-9-20(14-18)23(24,25)26/h2-9,14H,10-13,15-16H2,1H3,(H,27,30). The molecule has 7 heteroatoms. The van der Waals surface area contributed by atoms with Crippen LogP contribution in [0.2, 0.25) is 0 Å². The number of nitrogens with zero attached hydrogens (tertiary/aromatic N) is 1. The third-order valence-corrected chi connectivity index (χ3v) is 5.82. The molecule has 0 aromatic heterocycles. The molecule has 1 heterocycles. The van der Waals surface area contributed by atoms with Crippen LogP contribution < -0.4 is 5.32 Å². The minimum atomic E-state index is -4.41. The molecule has 2 aromatic carbocycles. The lowest BCUT2D eigenvalue weighted by Crippen LogP contribution is -2.49. The molecule has 4 nitrogen and oxygen atoms in total. The fraction of sp³-hybridized carbons (Fsp3) is 0.391. The Kier molecular flexibility index (Phi) is 6.61. The third-order valence-electron chi connectivity index (χ3n) is 5.82. The highest BCUT2D eigenvalue weighted by Crippen LogP contribution is 2.36. The molecule has 160 valence electrons. The lowest BCUT2D eigenvalue weighted by atomic mass is 9.70. The average molecular weight is 418 g/mol. The molecule has 1 aliphatic rings. The molecule has 0 bridgehead atoms. The SMILES string of the molecule is CC(=O)C1(c2ccccc2)CCN(CC(=O)NCc2cccc(C(F)(F)F)c2)CC1. The summed E-state index contributed by atoms with van der Waals surface area (Å²) < 4.78 is 38.4. The maximum Gasteiger partial charge on any atom is 0.416 e. The van der Waals surface area contributed by atoms with Crippen molar-refractivity contribution in [3.05, 3.63) is 71.3 Å². The number of Topliss-reactive ketones (excluding diaryl/α,β-unsaturated/α-hetero) is 1.